The van der Waals surface area contributed by atoms with Gasteiger partial charge in [-0.15, -0.1) is 0 Å². The number of hydrogen-bond acceptors (Lipinski definition) is 4. The summed E-state index contributed by atoms with van der Waals surface area (Å²) in [5.74, 6) is -0.367. The minimum absolute atomic E-state index is 0.00160. The molecule has 2 amide bonds. The van der Waals surface area contributed by atoms with Crippen LogP contribution >= 0.6 is 11.6 Å². The predicted molar refractivity (Wildman–Crippen MR) is 151 cm³/mol. The van der Waals surface area contributed by atoms with Gasteiger partial charge in [-0.1, -0.05) is 61.3 Å². The van der Waals surface area contributed by atoms with Gasteiger partial charge < -0.3 is 10.2 Å². The number of benzene rings is 2. The average Bonchev–Trinajstić information content (AvgIpc) is 2.82. The fraction of sp³-hybridized carbons (Fsp3) is 0.500. The maximum absolute atomic E-state index is 13.5. The van der Waals surface area contributed by atoms with E-state index in [0.717, 1.165) is 23.8 Å². The largest absolute Gasteiger partial charge is 0.352 e. The molecule has 0 fully saturated rings. The van der Waals surface area contributed by atoms with Crippen LogP contribution in [0.2, 0.25) is 5.02 Å². The number of sulfonamides is 1. The Balaban J connectivity index is 2.26. The van der Waals surface area contributed by atoms with E-state index in [4.69, 9.17) is 11.6 Å². The van der Waals surface area contributed by atoms with Crippen LogP contribution in [0.25, 0.3) is 0 Å². The Bertz CT molecular complexity index is 1190. The molecule has 1 N–H and O–H groups in total. The number of carbonyl (C=O) groups excluding carboxylic acids is 2. The number of anilines is 1. The first-order valence-electron chi connectivity index (χ1n) is 12.8. The van der Waals surface area contributed by atoms with E-state index in [9.17, 15) is 18.0 Å². The summed E-state index contributed by atoms with van der Waals surface area (Å²) in [4.78, 5) is 28.3. The van der Waals surface area contributed by atoms with E-state index >= 15 is 0 Å². The second-order valence-electron chi connectivity index (χ2n) is 9.58. The van der Waals surface area contributed by atoms with Crippen LogP contribution in [0, 0.1) is 13.8 Å². The molecule has 0 aliphatic rings. The molecule has 0 saturated carbocycles. The second kappa shape index (κ2) is 13.8. The molecular formula is C28H40ClN3O4S. The first-order chi connectivity index (χ1) is 17.4. The van der Waals surface area contributed by atoms with Gasteiger partial charge in [0.15, 0.2) is 0 Å². The smallest absolute Gasteiger partial charge is 0.243 e. The Labute approximate surface area is 227 Å². The summed E-state index contributed by atoms with van der Waals surface area (Å²) in [5.41, 5.74) is 3.17. The Kier molecular flexibility index (Phi) is 11.4. The Hall–Kier alpha value is -2.58. The van der Waals surface area contributed by atoms with Crippen molar-refractivity contribution in [2.45, 2.75) is 78.9 Å². The van der Waals surface area contributed by atoms with Gasteiger partial charge in [-0.2, -0.15) is 0 Å². The molecule has 0 radical (unpaired) electrons. The SMILES string of the molecule is CCC(C)NC(=O)C(CC)N(Cc1cccc(C)c1)C(=O)CCCN(c1cccc(Cl)c1C)S(C)(=O)=O. The first kappa shape index (κ1) is 30.6. The quantitative estimate of drug-likeness (QED) is 0.371. The highest BCUT2D eigenvalue weighted by atomic mass is 35.5. The molecular weight excluding hydrogens is 510 g/mol. The molecule has 7 nitrogen and oxygen atoms in total. The number of nitrogens with zero attached hydrogens (tertiary/aromatic N) is 2. The van der Waals surface area contributed by atoms with Crippen molar-refractivity contribution in [1.82, 2.24) is 10.2 Å². The summed E-state index contributed by atoms with van der Waals surface area (Å²) >= 11 is 6.23. The van der Waals surface area contributed by atoms with Gasteiger partial charge in [0.1, 0.15) is 6.04 Å². The highest BCUT2D eigenvalue weighted by molar-refractivity contribution is 7.92. The van der Waals surface area contributed by atoms with Gasteiger partial charge in [-0.25, -0.2) is 8.42 Å². The molecule has 0 aliphatic heterocycles. The highest BCUT2D eigenvalue weighted by Gasteiger charge is 2.29. The van der Waals surface area contributed by atoms with Crippen molar-refractivity contribution in [1.29, 1.82) is 0 Å². The Morgan fingerprint density at radius 2 is 1.73 bits per heavy atom. The van der Waals surface area contributed by atoms with Gasteiger partial charge in [-0.05, 0) is 63.3 Å². The molecule has 2 atom stereocenters. The van der Waals surface area contributed by atoms with Crippen molar-refractivity contribution in [2.75, 3.05) is 17.1 Å². The lowest BCUT2D eigenvalue weighted by molar-refractivity contribution is -0.141. The van der Waals surface area contributed by atoms with Crippen molar-refractivity contribution in [2.24, 2.45) is 0 Å². The third-order valence-electron chi connectivity index (χ3n) is 6.48. The zero-order valence-corrected chi connectivity index (χ0v) is 24.3. The maximum Gasteiger partial charge on any atom is 0.243 e. The van der Waals surface area contributed by atoms with Crippen LogP contribution in [0.3, 0.4) is 0 Å². The number of aryl methyl sites for hydroxylation is 1. The van der Waals surface area contributed by atoms with E-state index < -0.39 is 16.1 Å². The van der Waals surface area contributed by atoms with Gasteiger partial charge in [0, 0.05) is 30.6 Å². The molecule has 0 heterocycles. The van der Waals surface area contributed by atoms with Crippen LogP contribution in [-0.2, 0) is 26.2 Å². The topological polar surface area (TPSA) is 86.8 Å². The Morgan fingerprint density at radius 1 is 1.05 bits per heavy atom. The van der Waals surface area contributed by atoms with Crippen molar-refractivity contribution in [3.63, 3.8) is 0 Å². The van der Waals surface area contributed by atoms with E-state index in [0.29, 0.717) is 35.7 Å². The fourth-order valence-electron chi connectivity index (χ4n) is 4.22. The molecule has 37 heavy (non-hydrogen) atoms. The first-order valence-corrected chi connectivity index (χ1v) is 15.0. The lowest BCUT2D eigenvalue weighted by atomic mass is 10.1. The van der Waals surface area contributed by atoms with Crippen LogP contribution in [0.1, 0.15) is 63.1 Å². The van der Waals surface area contributed by atoms with Crippen LogP contribution in [-0.4, -0.2) is 50.0 Å². The molecule has 2 unspecified atom stereocenters. The van der Waals surface area contributed by atoms with Crippen LogP contribution < -0.4 is 9.62 Å². The normalized spacial score (nSPS) is 13.1. The number of rotatable bonds is 13. The third kappa shape index (κ3) is 8.75. The van der Waals surface area contributed by atoms with Crippen LogP contribution in [0.5, 0.6) is 0 Å². The monoisotopic (exact) mass is 549 g/mol. The van der Waals surface area contributed by atoms with E-state index in [1.165, 1.54) is 4.31 Å². The molecule has 204 valence electrons. The predicted octanol–water partition coefficient (Wildman–Crippen LogP) is 5.23. The Morgan fingerprint density at radius 3 is 2.32 bits per heavy atom. The van der Waals surface area contributed by atoms with Crippen molar-refractivity contribution in [3.05, 3.63) is 64.2 Å². The summed E-state index contributed by atoms with van der Waals surface area (Å²) in [6, 6.07) is 12.4. The van der Waals surface area contributed by atoms with Gasteiger partial charge in [-0.3, -0.25) is 13.9 Å². The maximum atomic E-state index is 13.5. The van der Waals surface area contributed by atoms with Crippen molar-refractivity contribution >= 4 is 39.1 Å². The zero-order valence-electron chi connectivity index (χ0n) is 22.8. The number of hydrogen-bond donors (Lipinski definition) is 1. The number of nitrogens with one attached hydrogen (secondary N) is 1. The molecule has 0 aromatic heterocycles. The fourth-order valence-corrected chi connectivity index (χ4v) is 5.40. The van der Waals surface area contributed by atoms with Crippen molar-refractivity contribution < 1.29 is 18.0 Å². The number of halogens is 1. The summed E-state index contributed by atoms with van der Waals surface area (Å²) < 4.78 is 26.5. The summed E-state index contributed by atoms with van der Waals surface area (Å²) in [7, 11) is -3.59. The van der Waals surface area contributed by atoms with E-state index in [2.05, 4.69) is 5.32 Å². The van der Waals surface area contributed by atoms with Gasteiger partial charge in [0.05, 0.1) is 11.9 Å². The van der Waals surface area contributed by atoms with Crippen LogP contribution in [0.4, 0.5) is 5.69 Å². The second-order valence-corrected chi connectivity index (χ2v) is 11.9. The lowest BCUT2D eigenvalue weighted by Gasteiger charge is -2.32. The van der Waals surface area contributed by atoms with Gasteiger partial charge in [0.2, 0.25) is 21.8 Å². The highest BCUT2D eigenvalue weighted by Crippen LogP contribution is 2.28. The van der Waals surface area contributed by atoms with E-state index in [1.54, 1.807) is 30.0 Å². The molecule has 2 rings (SSSR count). The molecule has 2 aromatic carbocycles. The van der Waals surface area contributed by atoms with Gasteiger partial charge in [0.25, 0.3) is 0 Å². The standard InChI is InChI=1S/C28H40ClN3O4S/c1-7-21(4)30-28(34)25(8-2)31(19-23-13-9-12-20(3)18-23)27(33)16-11-17-32(37(6,35)36)26-15-10-14-24(29)22(26)5/h9-10,12-15,18,21,25H,7-8,11,16-17,19H2,1-6H3,(H,30,34). The van der Waals surface area contributed by atoms with Crippen LogP contribution in [0.15, 0.2) is 42.5 Å². The van der Waals surface area contributed by atoms with Crippen molar-refractivity contribution in [3.8, 4) is 0 Å². The lowest BCUT2D eigenvalue weighted by Crippen LogP contribution is -2.50. The summed E-state index contributed by atoms with van der Waals surface area (Å²) in [5, 5.41) is 3.48. The van der Waals surface area contributed by atoms with Gasteiger partial charge >= 0.3 is 0 Å². The third-order valence-corrected chi connectivity index (χ3v) is 8.07. The minimum atomic E-state index is -3.59. The molecule has 0 bridgehead atoms. The number of carbonyl (C=O) groups is 2. The molecule has 2 aromatic rings. The molecule has 9 heteroatoms. The van der Waals surface area contributed by atoms with E-state index in [1.807, 2.05) is 52.0 Å². The minimum Gasteiger partial charge on any atom is -0.352 e. The molecule has 0 saturated heterocycles. The average molecular weight is 550 g/mol. The summed E-state index contributed by atoms with van der Waals surface area (Å²) in [6.45, 7) is 10.0. The molecule has 0 aliphatic carbocycles. The van der Waals surface area contributed by atoms with E-state index in [-0.39, 0.29) is 30.8 Å². The molecule has 0 spiro atoms. The zero-order chi connectivity index (χ0) is 27.8. The number of amides is 2. The summed E-state index contributed by atoms with van der Waals surface area (Å²) in [6.07, 6.45) is 2.80.